The highest BCUT2D eigenvalue weighted by Gasteiger charge is 2.19. The van der Waals surface area contributed by atoms with Crippen LogP contribution in [0.15, 0.2) is 34.5 Å². The van der Waals surface area contributed by atoms with Crippen molar-refractivity contribution in [2.75, 3.05) is 10.1 Å². The third kappa shape index (κ3) is 2.61. The zero-order chi connectivity index (χ0) is 13.2. The van der Waals surface area contributed by atoms with Crippen LogP contribution in [-0.2, 0) is 10.0 Å². The molecule has 4 N–H and O–H groups in total. The third-order valence-corrected chi connectivity index (χ3v) is 4.57. The Bertz CT molecular complexity index is 651. The first-order chi connectivity index (χ1) is 8.53. The molecular weight excluding hydrogens is 272 g/mol. The average Bonchev–Trinajstić information content (AvgIpc) is 2.74. The maximum atomic E-state index is 12.2. The summed E-state index contributed by atoms with van der Waals surface area (Å²) >= 11 is 1.23. The number of rotatable bonds is 4. The Hall–Kier alpha value is -1.64. The fourth-order valence-electron chi connectivity index (χ4n) is 1.39. The van der Waals surface area contributed by atoms with Gasteiger partial charge in [-0.1, -0.05) is 12.1 Å². The molecule has 1 aromatic heterocycles. The summed E-state index contributed by atoms with van der Waals surface area (Å²) in [5.41, 5.74) is 3.45. The van der Waals surface area contributed by atoms with Crippen molar-refractivity contribution in [2.45, 2.75) is 11.8 Å². The van der Waals surface area contributed by atoms with Gasteiger partial charge in [0.05, 0.1) is 11.4 Å². The Morgan fingerprint density at radius 1 is 1.33 bits per heavy atom. The van der Waals surface area contributed by atoms with Gasteiger partial charge in [0.15, 0.2) is 5.13 Å². The van der Waals surface area contributed by atoms with E-state index in [9.17, 15) is 8.42 Å². The van der Waals surface area contributed by atoms with Crippen molar-refractivity contribution in [2.24, 2.45) is 5.84 Å². The van der Waals surface area contributed by atoms with Crippen LogP contribution in [0.1, 0.15) is 5.69 Å². The molecule has 1 heterocycles. The molecule has 0 aliphatic rings. The fraction of sp³-hybridized carbons (Fsp3) is 0.100. The van der Waals surface area contributed by atoms with Crippen molar-refractivity contribution < 1.29 is 8.42 Å². The molecule has 0 unspecified atom stereocenters. The summed E-state index contributed by atoms with van der Waals surface area (Å²) in [6.07, 6.45) is 0. The van der Waals surface area contributed by atoms with Gasteiger partial charge < -0.3 is 5.43 Å². The van der Waals surface area contributed by atoms with Gasteiger partial charge in [-0.2, -0.15) is 0 Å². The second kappa shape index (κ2) is 4.92. The summed E-state index contributed by atoms with van der Waals surface area (Å²) in [5, 5.41) is 2.10. The molecule has 0 atom stereocenters. The Kier molecular flexibility index (Phi) is 3.50. The van der Waals surface area contributed by atoms with E-state index in [1.54, 1.807) is 30.5 Å². The molecule has 8 heteroatoms. The molecule has 6 nitrogen and oxygen atoms in total. The first-order valence-electron chi connectivity index (χ1n) is 5.03. The largest absolute Gasteiger partial charge is 0.323 e. The van der Waals surface area contributed by atoms with Gasteiger partial charge in [-0.15, -0.1) is 11.3 Å². The topological polar surface area (TPSA) is 97.1 Å². The molecule has 0 saturated carbocycles. The van der Waals surface area contributed by atoms with E-state index in [-0.39, 0.29) is 4.90 Å². The molecule has 0 saturated heterocycles. The Morgan fingerprint density at radius 2 is 2.06 bits per heavy atom. The number of para-hydroxylation sites is 1. The molecule has 1 aromatic carbocycles. The number of nitrogen functional groups attached to an aromatic ring is 1. The highest BCUT2D eigenvalue weighted by molar-refractivity contribution is 7.93. The van der Waals surface area contributed by atoms with Gasteiger partial charge in [-0.25, -0.2) is 13.4 Å². The lowest BCUT2D eigenvalue weighted by molar-refractivity contribution is 0.601. The Balaban J connectivity index is 2.36. The minimum Gasteiger partial charge on any atom is -0.323 e. The average molecular weight is 284 g/mol. The number of nitrogens with zero attached hydrogens (tertiary/aromatic N) is 1. The van der Waals surface area contributed by atoms with Crippen molar-refractivity contribution in [3.8, 4) is 0 Å². The van der Waals surface area contributed by atoms with E-state index < -0.39 is 10.0 Å². The summed E-state index contributed by atoms with van der Waals surface area (Å²) < 4.78 is 26.7. The zero-order valence-corrected chi connectivity index (χ0v) is 11.2. The van der Waals surface area contributed by atoms with E-state index in [4.69, 9.17) is 5.84 Å². The van der Waals surface area contributed by atoms with Crippen LogP contribution < -0.4 is 16.0 Å². The lowest BCUT2D eigenvalue weighted by atomic mass is 10.3. The summed E-state index contributed by atoms with van der Waals surface area (Å²) in [6.45, 7) is 1.80. The summed E-state index contributed by atoms with van der Waals surface area (Å²) in [4.78, 5) is 4.14. The van der Waals surface area contributed by atoms with Crippen LogP contribution in [-0.4, -0.2) is 13.4 Å². The number of nitrogens with one attached hydrogen (secondary N) is 2. The predicted molar refractivity (Wildman–Crippen MR) is 71.9 cm³/mol. The molecule has 2 rings (SSSR count). The van der Waals surface area contributed by atoms with E-state index in [0.717, 1.165) is 5.69 Å². The number of sulfonamides is 1. The van der Waals surface area contributed by atoms with Crippen LogP contribution in [0.2, 0.25) is 0 Å². The minimum absolute atomic E-state index is 0.0837. The van der Waals surface area contributed by atoms with Gasteiger partial charge in [0.2, 0.25) is 0 Å². The fourth-order valence-corrected chi connectivity index (χ4v) is 3.50. The summed E-state index contributed by atoms with van der Waals surface area (Å²) in [7, 11) is -3.69. The lowest BCUT2D eigenvalue weighted by Gasteiger charge is -2.09. The molecule has 96 valence electrons. The van der Waals surface area contributed by atoms with E-state index >= 15 is 0 Å². The highest BCUT2D eigenvalue weighted by atomic mass is 32.2. The van der Waals surface area contributed by atoms with E-state index in [1.165, 1.54) is 17.4 Å². The molecule has 0 bridgehead atoms. The molecule has 0 radical (unpaired) electrons. The van der Waals surface area contributed by atoms with Crippen molar-refractivity contribution in [1.29, 1.82) is 0 Å². The monoisotopic (exact) mass is 284 g/mol. The Labute approximate surface area is 109 Å². The molecule has 0 aliphatic heterocycles. The number of benzene rings is 1. The molecule has 0 spiro atoms. The number of hydrazine groups is 1. The number of anilines is 2. The normalized spacial score (nSPS) is 11.2. The van der Waals surface area contributed by atoms with Crippen molar-refractivity contribution in [1.82, 2.24) is 4.98 Å². The van der Waals surface area contributed by atoms with Gasteiger partial charge in [0, 0.05) is 5.38 Å². The maximum absolute atomic E-state index is 12.2. The summed E-state index contributed by atoms with van der Waals surface area (Å²) in [5.74, 6) is 5.29. The predicted octanol–water partition coefficient (Wildman–Crippen LogP) is 1.54. The molecule has 18 heavy (non-hydrogen) atoms. The molecule has 0 amide bonds. The van der Waals surface area contributed by atoms with Gasteiger partial charge in [0.1, 0.15) is 4.90 Å². The maximum Gasteiger partial charge on any atom is 0.265 e. The number of hydrogen-bond donors (Lipinski definition) is 3. The van der Waals surface area contributed by atoms with Crippen LogP contribution in [0, 0.1) is 6.92 Å². The van der Waals surface area contributed by atoms with E-state index in [0.29, 0.717) is 10.8 Å². The van der Waals surface area contributed by atoms with Gasteiger partial charge in [0.25, 0.3) is 10.0 Å². The zero-order valence-electron chi connectivity index (χ0n) is 9.54. The molecule has 2 aromatic rings. The number of aromatic nitrogens is 1. The van der Waals surface area contributed by atoms with Crippen LogP contribution in [0.4, 0.5) is 10.8 Å². The second-order valence-electron chi connectivity index (χ2n) is 3.54. The van der Waals surface area contributed by atoms with Crippen molar-refractivity contribution >= 4 is 32.2 Å². The standard InChI is InChI=1S/C10H12N4O2S2/c1-7-6-17-10(12-7)14-18(15,16)9-5-3-2-4-8(9)13-11/h2-6,13H,11H2,1H3,(H,12,14). The summed E-state index contributed by atoms with van der Waals surface area (Å²) in [6, 6.07) is 6.38. The lowest BCUT2D eigenvalue weighted by Crippen LogP contribution is -2.17. The van der Waals surface area contributed by atoms with Crippen LogP contribution >= 0.6 is 11.3 Å². The van der Waals surface area contributed by atoms with Crippen LogP contribution in [0.3, 0.4) is 0 Å². The minimum atomic E-state index is -3.69. The van der Waals surface area contributed by atoms with Crippen molar-refractivity contribution in [3.63, 3.8) is 0 Å². The van der Waals surface area contributed by atoms with Gasteiger partial charge in [-0.3, -0.25) is 10.6 Å². The van der Waals surface area contributed by atoms with Crippen LogP contribution in [0.25, 0.3) is 0 Å². The molecule has 0 fully saturated rings. The van der Waals surface area contributed by atoms with E-state index in [2.05, 4.69) is 15.1 Å². The smallest absolute Gasteiger partial charge is 0.265 e. The first-order valence-corrected chi connectivity index (χ1v) is 7.40. The van der Waals surface area contributed by atoms with Gasteiger partial charge >= 0.3 is 0 Å². The SMILES string of the molecule is Cc1csc(NS(=O)(=O)c2ccccc2NN)n1. The van der Waals surface area contributed by atoms with Crippen molar-refractivity contribution in [3.05, 3.63) is 35.3 Å². The molecule has 0 aliphatic carbocycles. The number of aryl methyl sites for hydroxylation is 1. The van der Waals surface area contributed by atoms with E-state index in [1.807, 2.05) is 0 Å². The van der Waals surface area contributed by atoms with Crippen LogP contribution in [0.5, 0.6) is 0 Å². The number of thiazole rings is 1. The first kappa shape index (κ1) is 12.8. The highest BCUT2D eigenvalue weighted by Crippen LogP contribution is 2.24. The second-order valence-corrected chi connectivity index (χ2v) is 6.05. The van der Waals surface area contributed by atoms with Gasteiger partial charge in [-0.05, 0) is 19.1 Å². The number of hydrogen-bond acceptors (Lipinski definition) is 6. The third-order valence-electron chi connectivity index (χ3n) is 2.17. The molecular formula is C10H12N4O2S2. The number of nitrogens with two attached hydrogens (primary N) is 1. The Morgan fingerprint density at radius 3 is 2.67 bits per heavy atom. The quantitative estimate of drug-likeness (QED) is 0.584.